The molecule has 0 radical (unpaired) electrons. The molecular formula is C12H14ClNO3S. The number of carbonyl (C=O) groups is 1. The number of carbonyl (C=O) groups excluding carboxylic acids is 1. The van der Waals surface area contributed by atoms with Gasteiger partial charge in [0.2, 0.25) is 0 Å². The second kappa shape index (κ2) is 4.24. The van der Waals surface area contributed by atoms with Gasteiger partial charge in [-0.15, -0.1) is 0 Å². The molecule has 0 spiro atoms. The molecule has 2 rings (SSSR count). The molecular weight excluding hydrogens is 274 g/mol. The topological polar surface area (TPSA) is 63.2 Å². The van der Waals surface area contributed by atoms with Crippen LogP contribution >= 0.6 is 10.7 Å². The van der Waals surface area contributed by atoms with Crippen LogP contribution in [0.2, 0.25) is 0 Å². The summed E-state index contributed by atoms with van der Waals surface area (Å²) in [5, 5.41) is 2.92. The summed E-state index contributed by atoms with van der Waals surface area (Å²) in [6, 6.07) is 4.25. The quantitative estimate of drug-likeness (QED) is 0.867. The molecule has 0 saturated heterocycles. The Kier molecular flexibility index (Phi) is 3.15. The van der Waals surface area contributed by atoms with Crippen molar-refractivity contribution in [2.75, 3.05) is 0 Å². The zero-order valence-electron chi connectivity index (χ0n) is 10.2. The van der Waals surface area contributed by atoms with Gasteiger partial charge in [-0.05, 0) is 50.5 Å². The highest BCUT2D eigenvalue weighted by molar-refractivity contribution is 8.13. The van der Waals surface area contributed by atoms with Gasteiger partial charge in [-0.1, -0.05) is 0 Å². The second-order valence-corrected chi connectivity index (χ2v) is 7.50. The lowest BCUT2D eigenvalue weighted by molar-refractivity contribution is 0.0934. The van der Waals surface area contributed by atoms with E-state index in [1.165, 1.54) is 18.2 Å². The SMILES string of the molecule is Cc1cc(S(=O)(=O)Cl)ccc1C(=O)NC1(C)CC1. The van der Waals surface area contributed by atoms with Gasteiger partial charge in [0, 0.05) is 21.8 Å². The second-order valence-electron chi connectivity index (χ2n) is 4.93. The van der Waals surface area contributed by atoms with Gasteiger partial charge in [-0.25, -0.2) is 8.42 Å². The van der Waals surface area contributed by atoms with Crippen molar-refractivity contribution in [3.63, 3.8) is 0 Å². The Labute approximate surface area is 111 Å². The highest BCUT2D eigenvalue weighted by atomic mass is 35.7. The molecule has 1 aliphatic rings. The summed E-state index contributed by atoms with van der Waals surface area (Å²) in [4.78, 5) is 12.0. The Morgan fingerprint density at radius 2 is 2.00 bits per heavy atom. The summed E-state index contributed by atoms with van der Waals surface area (Å²) < 4.78 is 22.3. The van der Waals surface area contributed by atoms with E-state index in [9.17, 15) is 13.2 Å². The van der Waals surface area contributed by atoms with Crippen molar-refractivity contribution in [1.29, 1.82) is 0 Å². The van der Waals surface area contributed by atoms with E-state index in [-0.39, 0.29) is 16.3 Å². The van der Waals surface area contributed by atoms with Crippen LogP contribution in [0.5, 0.6) is 0 Å². The minimum absolute atomic E-state index is 0.0100. The predicted octanol–water partition coefficient (Wildman–Crippen LogP) is 2.20. The third-order valence-electron chi connectivity index (χ3n) is 3.14. The lowest BCUT2D eigenvalue weighted by atomic mass is 10.1. The first-order chi connectivity index (χ1) is 8.21. The maximum Gasteiger partial charge on any atom is 0.261 e. The normalized spacial score (nSPS) is 17.3. The van der Waals surface area contributed by atoms with Crippen LogP contribution in [-0.4, -0.2) is 19.9 Å². The molecule has 98 valence electrons. The van der Waals surface area contributed by atoms with E-state index in [0.717, 1.165) is 12.8 Å². The van der Waals surface area contributed by atoms with Gasteiger partial charge >= 0.3 is 0 Å². The molecule has 0 unspecified atom stereocenters. The molecule has 1 N–H and O–H groups in total. The first-order valence-electron chi connectivity index (χ1n) is 5.59. The Morgan fingerprint density at radius 1 is 1.39 bits per heavy atom. The molecule has 1 aliphatic carbocycles. The lowest BCUT2D eigenvalue weighted by Gasteiger charge is -2.13. The molecule has 4 nitrogen and oxygen atoms in total. The molecule has 0 bridgehead atoms. The van der Waals surface area contributed by atoms with E-state index in [1.54, 1.807) is 6.92 Å². The average molecular weight is 288 g/mol. The van der Waals surface area contributed by atoms with E-state index in [4.69, 9.17) is 10.7 Å². The number of amides is 1. The summed E-state index contributed by atoms with van der Waals surface area (Å²) in [7, 11) is 1.50. The highest BCUT2D eigenvalue weighted by Gasteiger charge is 2.39. The average Bonchev–Trinajstić information content (AvgIpc) is 2.94. The summed E-state index contributed by atoms with van der Waals surface area (Å²) in [6.07, 6.45) is 1.96. The number of benzene rings is 1. The first-order valence-corrected chi connectivity index (χ1v) is 7.90. The molecule has 0 aromatic heterocycles. The van der Waals surface area contributed by atoms with Crippen LogP contribution in [0.4, 0.5) is 0 Å². The van der Waals surface area contributed by atoms with Crippen molar-refractivity contribution in [3.05, 3.63) is 29.3 Å². The van der Waals surface area contributed by atoms with Gasteiger partial charge in [0.15, 0.2) is 0 Å². The largest absolute Gasteiger partial charge is 0.347 e. The minimum Gasteiger partial charge on any atom is -0.347 e. The van der Waals surface area contributed by atoms with Crippen molar-refractivity contribution < 1.29 is 13.2 Å². The third kappa shape index (κ3) is 2.84. The lowest BCUT2D eigenvalue weighted by Crippen LogP contribution is -2.34. The number of nitrogens with one attached hydrogen (secondary N) is 1. The Morgan fingerprint density at radius 3 is 2.44 bits per heavy atom. The van der Waals surface area contributed by atoms with Gasteiger partial charge in [-0.2, -0.15) is 0 Å². The number of hydrogen-bond donors (Lipinski definition) is 1. The van der Waals surface area contributed by atoms with E-state index < -0.39 is 9.05 Å². The van der Waals surface area contributed by atoms with Crippen molar-refractivity contribution in [2.45, 2.75) is 37.1 Å². The standard InChI is InChI=1S/C12H14ClNO3S/c1-8-7-9(18(13,16)17)3-4-10(8)11(15)14-12(2)5-6-12/h3-4,7H,5-6H2,1-2H3,(H,14,15). The maximum atomic E-state index is 12.0. The Balaban J connectivity index is 2.27. The zero-order valence-corrected chi connectivity index (χ0v) is 11.7. The van der Waals surface area contributed by atoms with Gasteiger partial charge in [-0.3, -0.25) is 4.79 Å². The van der Waals surface area contributed by atoms with Gasteiger partial charge in [0.05, 0.1) is 4.90 Å². The number of rotatable bonds is 3. The smallest absolute Gasteiger partial charge is 0.261 e. The fourth-order valence-electron chi connectivity index (χ4n) is 1.70. The monoisotopic (exact) mass is 287 g/mol. The molecule has 0 aliphatic heterocycles. The van der Waals surface area contributed by atoms with Crippen LogP contribution in [0, 0.1) is 6.92 Å². The summed E-state index contributed by atoms with van der Waals surface area (Å²) in [5.41, 5.74) is 0.978. The fourth-order valence-corrected chi connectivity index (χ4v) is 2.53. The van der Waals surface area contributed by atoms with Crippen LogP contribution in [0.1, 0.15) is 35.7 Å². The van der Waals surface area contributed by atoms with E-state index in [2.05, 4.69) is 5.32 Å². The van der Waals surface area contributed by atoms with Crippen molar-refractivity contribution in [3.8, 4) is 0 Å². The summed E-state index contributed by atoms with van der Waals surface area (Å²) >= 11 is 0. The molecule has 0 heterocycles. The number of hydrogen-bond acceptors (Lipinski definition) is 3. The molecule has 18 heavy (non-hydrogen) atoms. The first kappa shape index (κ1) is 13.4. The van der Waals surface area contributed by atoms with E-state index in [1.807, 2.05) is 6.92 Å². The third-order valence-corrected chi connectivity index (χ3v) is 4.49. The Bertz CT molecular complexity index is 606. The molecule has 1 amide bonds. The van der Waals surface area contributed by atoms with Crippen LogP contribution < -0.4 is 5.32 Å². The molecule has 1 aromatic rings. The molecule has 1 saturated carbocycles. The summed E-state index contributed by atoms with van der Waals surface area (Å²) in [6.45, 7) is 3.67. The van der Waals surface area contributed by atoms with Crippen LogP contribution in [0.25, 0.3) is 0 Å². The molecule has 1 aromatic carbocycles. The zero-order chi connectivity index (χ0) is 13.6. The van der Waals surface area contributed by atoms with Gasteiger partial charge in [0.25, 0.3) is 15.0 Å². The van der Waals surface area contributed by atoms with Crippen molar-refractivity contribution in [1.82, 2.24) is 5.32 Å². The van der Waals surface area contributed by atoms with Gasteiger partial charge in [0.1, 0.15) is 0 Å². The molecule has 6 heteroatoms. The van der Waals surface area contributed by atoms with Crippen molar-refractivity contribution in [2.24, 2.45) is 0 Å². The van der Waals surface area contributed by atoms with Crippen molar-refractivity contribution >= 4 is 25.6 Å². The molecule has 1 fully saturated rings. The predicted molar refractivity (Wildman–Crippen MR) is 69.3 cm³/mol. The van der Waals surface area contributed by atoms with Gasteiger partial charge < -0.3 is 5.32 Å². The van der Waals surface area contributed by atoms with Crippen LogP contribution in [0.15, 0.2) is 23.1 Å². The van der Waals surface area contributed by atoms with E-state index >= 15 is 0 Å². The number of aryl methyl sites for hydroxylation is 1. The maximum absolute atomic E-state index is 12.0. The fraction of sp³-hybridized carbons (Fsp3) is 0.417. The van der Waals surface area contributed by atoms with Crippen LogP contribution in [-0.2, 0) is 9.05 Å². The highest BCUT2D eigenvalue weighted by Crippen LogP contribution is 2.34. The minimum atomic E-state index is -3.75. The summed E-state index contributed by atoms with van der Waals surface area (Å²) in [5.74, 6) is -0.175. The van der Waals surface area contributed by atoms with Crippen LogP contribution in [0.3, 0.4) is 0 Å². The van der Waals surface area contributed by atoms with E-state index in [0.29, 0.717) is 11.1 Å². The number of halogens is 1. The molecule has 0 atom stereocenters. The Hall–Kier alpha value is -1.07.